The smallest absolute Gasteiger partial charge is 0.270 e. The zero-order valence-electron chi connectivity index (χ0n) is 14.2. The summed E-state index contributed by atoms with van der Waals surface area (Å²) in [6.07, 6.45) is 0. The molecule has 8 nitrogen and oxygen atoms in total. The van der Waals surface area contributed by atoms with E-state index in [1.54, 1.807) is 12.1 Å². The summed E-state index contributed by atoms with van der Waals surface area (Å²) in [4.78, 5) is 11.9. The lowest BCUT2D eigenvalue weighted by Crippen LogP contribution is -2.27. The average Bonchev–Trinajstić information content (AvgIpc) is 2.55. The number of sulfonamides is 1. The van der Waals surface area contributed by atoms with Gasteiger partial charge in [-0.05, 0) is 37.9 Å². The van der Waals surface area contributed by atoms with Crippen LogP contribution in [0.5, 0.6) is 0 Å². The van der Waals surface area contributed by atoms with E-state index in [1.165, 1.54) is 12.1 Å². The van der Waals surface area contributed by atoms with E-state index in [2.05, 4.69) is 5.32 Å². The van der Waals surface area contributed by atoms with Gasteiger partial charge in [0.25, 0.3) is 5.69 Å². The third-order valence-electron chi connectivity index (χ3n) is 3.85. The van der Waals surface area contributed by atoms with Crippen molar-refractivity contribution in [1.29, 1.82) is 0 Å². The van der Waals surface area contributed by atoms with Crippen molar-refractivity contribution in [2.24, 2.45) is 5.14 Å². The third kappa shape index (κ3) is 4.92. The lowest BCUT2D eigenvalue weighted by molar-refractivity contribution is -0.385. The van der Waals surface area contributed by atoms with Crippen LogP contribution in [0.25, 0.3) is 0 Å². The fraction of sp³-hybridized carbons (Fsp3) is 0.250. The van der Waals surface area contributed by atoms with Crippen molar-refractivity contribution in [3.63, 3.8) is 0 Å². The molecule has 3 N–H and O–H groups in total. The number of nitro benzene ring substituents is 1. The van der Waals surface area contributed by atoms with Gasteiger partial charge in [-0.1, -0.05) is 23.7 Å². The van der Waals surface area contributed by atoms with Crippen LogP contribution in [-0.2, 0) is 10.0 Å². The fourth-order valence-electron chi connectivity index (χ4n) is 2.50. The SMILES string of the molecule is CN(C)C(CNc1ccc([N+](=O)[O-])cc1S(N)(=O)=O)c1ccc(Cl)cc1. The number of likely N-dealkylation sites (N-methyl/N-ethyl adjacent to an activating group) is 1. The maximum atomic E-state index is 11.8. The minimum atomic E-state index is -4.13. The molecule has 0 fully saturated rings. The van der Waals surface area contributed by atoms with E-state index in [0.717, 1.165) is 11.6 Å². The molecule has 2 aromatic carbocycles. The van der Waals surface area contributed by atoms with Gasteiger partial charge >= 0.3 is 0 Å². The Kier molecular flexibility index (Phi) is 6.19. The molecule has 0 aliphatic heterocycles. The van der Waals surface area contributed by atoms with Gasteiger partial charge < -0.3 is 10.2 Å². The van der Waals surface area contributed by atoms with Gasteiger partial charge in [0.05, 0.1) is 16.7 Å². The van der Waals surface area contributed by atoms with Gasteiger partial charge in [-0.15, -0.1) is 0 Å². The number of hydrogen-bond donors (Lipinski definition) is 2. The van der Waals surface area contributed by atoms with Crippen molar-refractivity contribution >= 4 is 33.0 Å². The molecule has 0 spiro atoms. The van der Waals surface area contributed by atoms with Crippen molar-refractivity contribution in [3.05, 3.63) is 63.2 Å². The number of benzene rings is 2. The van der Waals surface area contributed by atoms with Crippen LogP contribution in [0.2, 0.25) is 5.02 Å². The van der Waals surface area contributed by atoms with E-state index in [-0.39, 0.29) is 22.3 Å². The second-order valence-electron chi connectivity index (χ2n) is 5.89. The molecule has 0 amide bonds. The van der Waals surface area contributed by atoms with Crippen LogP contribution < -0.4 is 10.5 Å². The molecule has 26 heavy (non-hydrogen) atoms. The third-order valence-corrected chi connectivity index (χ3v) is 5.05. The summed E-state index contributed by atoms with van der Waals surface area (Å²) in [5.74, 6) is 0. The molecule has 1 unspecified atom stereocenters. The Balaban J connectivity index is 2.31. The van der Waals surface area contributed by atoms with E-state index in [0.29, 0.717) is 11.6 Å². The van der Waals surface area contributed by atoms with Crippen molar-refractivity contribution in [1.82, 2.24) is 4.90 Å². The van der Waals surface area contributed by atoms with E-state index >= 15 is 0 Å². The summed E-state index contributed by atoms with van der Waals surface area (Å²) in [5.41, 5.74) is 0.839. The molecular weight excluding hydrogens is 380 g/mol. The van der Waals surface area contributed by atoms with Crippen LogP contribution in [0.4, 0.5) is 11.4 Å². The number of nitro groups is 1. The fourth-order valence-corrected chi connectivity index (χ4v) is 3.35. The topological polar surface area (TPSA) is 119 Å². The number of hydrogen-bond acceptors (Lipinski definition) is 6. The van der Waals surface area contributed by atoms with Crippen LogP contribution in [0.3, 0.4) is 0 Å². The van der Waals surface area contributed by atoms with Crippen molar-refractivity contribution in [2.45, 2.75) is 10.9 Å². The van der Waals surface area contributed by atoms with Crippen LogP contribution in [0.1, 0.15) is 11.6 Å². The van der Waals surface area contributed by atoms with Gasteiger partial charge in [-0.2, -0.15) is 0 Å². The number of nitrogens with two attached hydrogens (primary N) is 1. The van der Waals surface area contributed by atoms with Crippen LogP contribution in [0, 0.1) is 10.1 Å². The molecular formula is C16H19ClN4O4S. The van der Waals surface area contributed by atoms with Crippen molar-refractivity contribution < 1.29 is 13.3 Å². The number of nitrogens with zero attached hydrogens (tertiary/aromatic N) is 2. The highest BCUT2D eigenvalue weighted by molar-refractivity contribution is 7.89. The predicted octanol–water partition coefficient (Wildman–Crippen LogP) is 2.61. The second-order valence-corrected chi connectivity index (χ2v) is 7.86. The molecule has 140 valence electrons. The molecule has 0 aliphatic rings. The number of halogens is 1. The summed E-state index contributed by atoms with van der Waals surface area (Å²) in [6, 6.07) is 10.7. The molecule has 0 radical (unpaired) electrons. The Morgan fingerprint density at radius 1 is 1.23 bits per heavy atom. The highest BCUT2D eigenvalue weighted by Gasteiger charge is 2.21. The van der Waals surface area contributed by atoms with Crippen molar-refractivity contribution in [3.8, 4) is 0 Å². The Hall–Kier alpha value is -2.20. The highest BCUT2D eigenvalue weighted by Crippen LogP contribution is 2.27. The predicted molar refractivity (Wildman–Crippen MR) is 101 cm³/mol. The van der Waals surface area contributed by atoms with Gasteiger partial charge in [0.1, 0.15) is 4.90 Å². The molecule has 0 aliphatic carbocycles. The highest BCUT2D eigenvalue weighted by atomic mass is 35.5. The Morgan fingerprint density at radius 2 is 1.85 bits per heavy atom. The average molecular weight is 399 g/mol. The van der Waals surface area contributed by atoms with E-state index in [9.17, 15) is 18.5 Å². The molecule has 0 bridgehead atoms. The molecule has 10 heteroatoms. The first kappa shape index (κ1) is 20.1. The number of anilines is 1. The van der Waals surface area contributed by atoms with E-state index in [4.69, 9.17) is 16.7 Å². The lowest BCUT2D eigenvalue weighted by Gasteiger charge is -2.26. The van der Waals surface area contributed by atoms with Crippen LogP contribution in [0.15, 0.2) is 47.4 Å². The van der Waals surface area contributed by atoms with Gasteiger partial charge in [-0.3, -0.25) is 10.1 Å². The van der Waals surface area contributed by atoms with Crippen LogP contribution >= 0.6 is 11.6 Å². The first-order chi connectivity index (χ1) is 12.1. The Bertz CT molecular complexity index is 901. The zero-order chi connectivity index (χ0) is 19.5. The first-order valence-corrected chi connectivity index (χ1v) is 9.49. The maximum absolute atomic E-state index is 11.8. The minimum Gasteiger partial charge on any atom is -0.382 e. The summed E-state index contributed by atoms with van der Waals surface area (Å²) in [5, 5.41) is 19.7. The van der Waals surface area contributed by atoms with Gasteiger partial charge in [0.2, 0.25) is 10.0 Å². The summed E-state index contributed by atoms with van der Waals surface area (Å²) >= 11 is 5.92. The zero-order valence-corrected chi connectivity index (χ0v) is 15.8. The second kappa shape index (κ2) is 8.00. The van der Waals surface area contributed by atoms with E-state index < -0.39 is 14.9 Å². The molecule has 0 saturated carbocycles. The monoisotopic (exact) mass is 398 g/mol. The van der Waals surface area contributed by atoms with Gasteiger partial charge in [0, 0.05) is 23.7 Å². The quantitative estimate of drug-likeness (QED) is 0.546. The van der Waals surface area contributed by atoms with E-state index in [1.807, 2.05) is 31.1 Å². The molecule has 1 atom stereocenters. The molecule has 0 saturated heterocycles. The number of nitrogens with one attached hydrogen (secondary N) is 1. The number of non-ortho nitro benzene ring substituents is 1. The molecule has 0 aromatic heterocycles. The molecule has 2 rings (SSSR count). The number of rotatable bonds is 7. The molecule has 0 heterocycles. The summed E-state index contributed by atoms with van der Waals surface area (Å²) in [6.45, 7) is 0.356. The Morgan fingerprint density at radius 3 is 2.35 bits per heavy atom. The normalized spacial score (nSPS) is 12.8. The standard InChI is InChI=1S/C16H19ClN4O4S/c1-20(2)15(11-3-5-12(17)6-4-11)10-19-14-8-7-13(21(22)23)9-16(14)26(18,24)25/h3-9,15,19H,10H2,1-2H3,(H2,18,24,25). The lowest BCUT2D eigenvalue weighted by atomic mass is 10.1. The van der Waals surface area contributed by atoms with Crippen LogP contribution in [-0.4, -0.2) is 38.9 Å². The van der Waals surface area contributed by atoms with Crippen molar-refractivity contribution in [2.75, 3.05) is 26.0 Å². The maximum Gasteiger partial charge on any atom is 0.270 e. The van der Waals surface area contributed by atoms with Gasteiger partial charge in [0.15, 0.2) is 0 Å². The summed E-state index contributed by atoms with van der Waals surface area (Å²) in [7, 11) is -0.353. The largest absolute Gasteiger partial charge is 0.382 e. The summed E-state index contributed by atoms with van der Waals surface area (Å²) < 4.78 is 23.6. The first-order valence-electron chi connectivity index (χ1n) is 7.56. The minimum absolute atomic E-state index is 0.0872. The number of primary sulfonamides is 1. The van der Waals surface area contributed by atoms with Gasteiger partial charge in [-0.25, -0.2) is 13.6 Å². The Labute approximate surface area is 156 Å². The molecule has 2 aromatic rings.